The van der Waals surface area contributed by atoms with E-state index in [-0.39, 0.29) is 0 Å². The summed E-state index contributed by atoms with van der Waals surface area (Å²) in [6.07, 6.45) is -13.1. The summed E-state index contributed by atoms with van der Waals surface area (Å²) in [5.74, 6) is 0. The highest BCUT2D eigenvalue weighted by Crippen LogP contribution is 2.35. The van der Waals surface area contributed by atoms with Crippen molar-refractivity contribution < 1.29 is 50.0 Å². The lowest BCUT2D eigenvalue weighted by Crippen LogP contribution is -2.64. The molecule has 0 saturated carbocycles. The number of thioether (sulfide) groups is 1. The number of nitrogen functional groups attached to an aromatic ring is 1. The molecule has 0 bridgehead atoms. The van der Waals surface area contributed by atoms with E-state index < -0.39 is 73.8 Å². The number of aliphatic hydroxyl groups excluding tert-OH is 7. The molecule has 0 radical (unpaired) electrons. The van der Waals surface area contributed by atoms with Crippen LogP contribution >= 0.6 is 11.8 Å². The minimum Gasteiger partial charge on any atom is -0.399 e. The maximum absolute atomic E-state index is 10.6. The SMILES string of the molecule is Nc1ccc(S[C@@H]2O[C@H](CO)[C@@H](O[C@@H]3O[C@@H](CO)[C@@H](O)[C@H](O)[C@H]3O)[C@H](O)[C@H]2O)cc1. The van der Waals surface area contributed by atoms with Crippen molar-refractivity contribution in [2.45, 2.75) is 65.5 Å². The Kier molecular flexibility index (Phi) is 7.92. The molecule has 1 aromatic rings. The van der Waals surface area contributed by atoms with Gasteiger partial charge in [-0.25, -0.2) is 0 Å². The van der Waals surface area contributed by atoms with E-state index in [1.165, 1.54) is 0 Å². The molecule has 30 heavy (non-hydrogen) atoms. The van der Waals surface area contributed by atoms with Gasteiger partial charge in [0.05, 0.1) is 13.2 Å². The third-order valence-corrected chi connectivity index (χ3v) is 6.26. The summed E-state index contributed by atoms with van der Waals surface area (Å²) >= 11 is 1.12. The zero-order chi connectivity index (χ0) is 22.0. The van der Waals surface area contributed by atoms with Crippen LogP contribution in [0.4, 0.5) is 5.69 Å². The highest BCUT2D eigenvalue weighted by atomic mass is 32.2. The molecule has 2 heterocycles. The normalized spacial score (nSPS) is 42.2. The van der Waals surface area contributed by atoms with Gasteiger partial charge in [-0.3, -0.25) is 0 Å². The molecule has 2 aliphatic heterocycles. The third-order valence-electron chi connectivity index (χ3n) is 5.09. The lowest BCUT2D eigenvalue weighted by Gasteiger charge is -2.46. The highest BCUT2D eigenvalue weighted by molar-refractivity contribution is 7.99. The number of aliphatic hydroxyl groups is 7. The Bertz CT molecular complexity index is 677. The van der Waals surface area contributed by atoms with Crippen LogP contribution in [-0.2, 0) is 14.2 Å². The molecule has 0 aromatic heterocycles. The first-order valence-electron chi connectivity index (χ1n) is 9.37. The second kappa shape index (κ2) is 10.1. The molecule has 2 saturated heterocycles. The van der Waals surface area contributed by atoms with Crippen LogP contribution in [0.3, 0.4) is 0 Å². The molecular formula is C18H27NO10S. The van der Waals surface area contributed by atoms with E-state index >= 15 is 0 Å². The zero-order valence-electron chi connectivity index (χ0n) is 15.8. The van der Waals surface area contributed by atoms with Gasteiger partial charge in [-0.15, -0.1) is 0 Å². The molecule has 0 aliphatic carbocycles. The first-order valence-corrected chi connectivity index (χ1v) is 10.3. The fraction of sp³-hybridized carbons (Fsp3) is 0.667. The number of hydrogen-bond donors (Lipinski definition) is 8. The summed E-state index contributed by atoms with van der Waals surface area (Å²) in [5.41, 5.74) is 5.27. The van der Waals surface area contributed by atoms with Gasteiger partial charge in [-0.2, -0.15) is 0 Å². The van der Waals surface area contributed by atoms with Gasteiger partial charge in [-0.1, -0.05) is 11.8 Å². The zero-order valence-corrected chi connectivity index (χ0v) is 16.7. The summed E-state index contributed by atoms with van der Waals surface area (Å²) in [6, 6.07) is 6.77. The summed E-state index contributed by atoms with van der Waals surface area (Å²) in [4.78, 5) is 0.713. The van der Waals surface area contributed by atoms with Crippen LogP contribution in [0.5, 0.6) is 0 Å². The van der Waals surface area contributed by atoms with Gasteiger partial charge in [-0.05, 0) is 24.3 Å². The molecular weight excluding hydrogens is 422 g/mol. The molecule has 0 spiro atoms. The molecule has 1 aromatic carbocycles. The Balaban J connectivity index is 1.71. The Hall–Kier alpha value is -1.03. The average molecular weight is 449 g/mol. The standard InChI is InChI=1S/C18H27NO10S/c19-7-1-3-8(4-2-7)30-18-15(26)13(24)16(10(6-21)28-18)29-17-14(25)12(23)11(22)9(5-20)27-17/h1-4,9-18,20-26H,5-6,19H2/t9-,10+,11+,12-,13+,14+,15+,16+,17-,18-/m0/s1. The molecule has 170 valence electrons. The van der Waals surface area contributed by atoms with Crippen molar-refractivity contribution in [1.82, 2.24) is 0 Å². The van der Waals surface area contributed by atoms with E-state index in [1.54, 1.807) is 24.3 Å². The largest absolute Gasteiger partial charge is 0.399 e. The van der Waals surface area contributed by atoms with E-state index in [1.807, 2.05) is 0 Å². The van der Waals surface area contributed by atoms with Crippen molar-refractivity contribution in [3.8, 4) is 0 Å². The summed E-state index contributed by atoms with van der Waals surface area (Å²) in [6.45, 7) is -1.23. The Labute approximate surface area is 176 Å². The van der Waals surface area contributed by atoms with Crippen molar-refractivity contribution in [2.75, 3.05) is 18.9 Å². The van der Waals surface area contributed by atoms with Gasteiger partial charge in [0, 0.05) is 10.6 Å². The molecule has 3 rings (SSSR count). The van der Waals surface area contributed by atoms with Crippen LogP contribution in [0.1, 0.15) is 0 Å². The topological polar surface area (TPSA) is 195 Å². The van der Waals surface area contributed by atoms with Crippen molar-refractivity contribution in [3.05, 3.63) is 24.3 Å². The summed E-state index contributed by atoms with van der Waals surface area (Å²) in [5, 5.41) is 70.0. The average Bonchev–Trinajstić information content (AvgIpc) is 2.74. The fourth-order valence-corrected chi connectivity index (χ4v) is 4.39. The van der Waals surface area contributed by atoms with Crippen LogP contribution in [0.25, 0.3) is 0 Å². The van der Waals surface area contributed by atoms with Gasteiger partial charge in [0.25, 0.3) is 0 Å². The number of nitrogens with two attached hydrogens (primary N) is 1. The minimum atomic E-state index is -1.70. The first kappa shape index (κ1) is 23.6. The van der Waals surface area contributed by atoms with E-state index in [9.17, 15) is 35.7 Å². The molecule has 2 aliphatic rings. The Morgan fingerprint density at radius 3 is 2.03 bits per heavy atom. The third kappa shape index (κ3) is 4.89. The van der Waals surface area contributed by atoms with Crippen LogP contribution in [0, 0.1) is 0 Å². The highest BCUT2D eigenvalue weighted by Gasteiger charge is 2.50. The Morgan fingerprint density at radius 1 is 0.800 bits per heavy atom. The van der Waals surface area contributed by atoms with E-state index in [2.05, 4.69) is 0 Å². The van der Waals surface area contributed by atoms with Crippen molar-refractivity contribution >= 4 is 17.4 Å². The van der Waals surface area contributed by atoms with Gasteiger partial charge >= 0.3 is 0 Å². The van der Waals surface area contributed by atoms with E-state index in [0.717, 1.165) is 11.8 Å². The van der Waals surface area contributed by atoms with Crippen LogP contribution < -0.4 is 5.73 Å². The quantitative estimate of drug-likeness (QED) is 0.205. The lowest BCUT2D eigenvalue weighted by molar-refractivity contribution is -0.338. The molecule has 10 atom stereocenters. The lowest BCUT2D eigenvalue weighted by atomic mass is 9.97. The van der Waals surface area contributed by atoms with Gasteiger partial charge in [0.15, 0.2) is 6.29 Å². The monoisotopic (exact) mass is 449 g/mol. The predicted molar refractivity (Wildman–Crippen MR) is 103 cm³/mol. The number of rotatable bonds is 6. The smallest absolute Gasteiger partial charge is 0.187 e. The van der Waals surface area contributed by atoms with Crippen LogP contribution in [0.15, 0.2) is 29.2 Å². The summed E-state index contributed by atoms with van der Waals surface area (Å²) < 4.78 is 16.5. The minimum absolute atomic E-state index is 0.561. The second-order valence-electron chi connectivity index (χ2n) is 7.19. The van der Waals surface area contributed by atoms with Gasteiger partial charge in [0.1, 0.15) is 54.3 Å². The van der Waals surface area contributed by atoms with E-state index in [0.29, 0.717) is 10.6 Å². The second-order valence-corrected chi connectivity index (χ2v) is 8.36. The molecule has 9 N–H and O–H groups in total. The van der Waals surface area contributed by atoms with Gasteiger partial charge in [0.2, 0.25) is 0 Å². The van der Waals surface area contributed by atoms with E-state index in [4.69, 9.17) is 19.9 Å². The van der Waals surface area contributed by atoms with Crippen molar-refractivity contribution in [1.29, 1.82) is 0 Å². The number of hydrogen-bond acceptors (Lipinski definition) is 12. The Morgan fingerprint density at radius 2 is 1.43 bits per heavy atom. The number of anilines is 1. The maximum atomic E-state index is 10.6. The first-order chi connectivity index (χ1) is 14.3. The fourth-order valence-electron chi connectivity index (χ4n) is 3.33. The van der Waals surface area contributed by atoms with Crippen LogP contribution in [-0.4, -0.2) is 110 Å². The molecule has 0 amide bonds. The van der Waals surface area contributed by atoms with Crippen molar-refractivity contribution in [3.63, 3.8) is 0 Å². The van der Waals surface area contributed by atoms with Crippen molar-refractivity contribution in [2.24, 2.45) is 0 Å². The number of ether oxygens (including phenoxy) is 3. The maximum Gasteiger partial charge on any atom is 0.187 e. The molecule has 12 heteroatoms. The predicted octanol–water partition coefficient (Wildman–Crippen LogP) is -3.01. The van der Waals surface area contributed by atoms with Gasteiger partial charge < -0.3 is 55.7 Å². The molecule has 0 unspecified atom stereocenters. The summed E-state index contributed by atoms with van der Waals surface area (Å²) in [7, 11) is 0. The number of benzene rings is 1. The van der Waals surface area contributed by atoms with Crippen LogP contribution in [0.2, 0.25) is 0 Å². The molecule has 11 nitrogen and oxygen atoms in total. The molecule has 2 fully saturated rings.